The number of amides is 1. The fraction of sp³-hybridized carbons (Fsp3) is 0.267. The van der Waals surface area contributed by atoms with Gasteiger partial charge in [0.25, 0.3) is 11.5 Å². The second kappa shape index (κ2) is 6.30. The molecule has 1 aliphatic rings. The minimum atomic E-state index is -0.340. The zero-order valence-electron chi connectivity index (χ0n) is 11.8. The Morgan fingerprint density at radius 3 is 2.77 bits per heavy atom. The van der Waals surface area contributed by atoms with Gasteiger partial charge in [0.2, 0.25) is 0 Å². The highest BCUT2D eigenvalue weighted by Crippen LogP contribution is 2.30. The van der Waals surface area contributed by atoms with Crippen LogP contribution in [0.2, 0.25) is 0 Å². The normalized spacial score (nSPS) is 12.7. The maximum absolute atomic E-state index is 11.8. The predicted molar refractivity (Wildman–Crippen MR) is 78.3 cm³/mol. The summed E-state index contributed by atoms with van der Waals surface area (Å²) in [5.41, 5.74) is 0.883. The van der Waals surface area contributed by atoms with E-state index >= 15 is 0 Å². The number of aromatic nitrogens is 2. The molecule has 0 unspecified atom stereocenters. The second-order valence-electron chi connectivity index (χ2n) is 4.79. The van der Waals surface area contributed by atoms with Crippen LogP contribution < -0.4 is 20.3 Å². The summed E-state index contributed by atoms with van der Waals surface area (Å²) in [4.78, 5) is 22.7. The zero-order chi connectivity index (χ0) is 15.4. The van der Waals surface area contributed by atoms with Crippen molar-refractivity contribution in [1.29, 1.82) is 0 Å². The standard InChI is InChI=1S/C15H15N3O4/c19-14-4-2-11(17-18-14)15(20)16-6-5-10-1-3-12-13(9-10)22-8-7-21-12/h1-4,9H,5-8H2,(H,16,20)(H,18,19). The van der Waals surface area contributed by atoms with Crippen molar-refractivity contribution in [1.82, 2.24) is 15.5 Å². The minimum Gasteiger partial charge on any atom is -0.486 e. The summed E-state index contributed by atoms with van der Waals surface area (Å²) < 4.78 is 11.0. The van der Waals surface area contributed by atoms with Crippen molar-refractivity contribution in [3.8, 4) is 11.5 Å². The number of nitrogens with zero attached hydrogens (tertiary/aromatic N) is 1. The highest BCUT2D eigenvalue weighted by atomic mass is 16.6. The number of aromatic amines is 1. The first-order chi connectivity index (χ1) is 10.7. The van der Waals surface area contributed by atoms with E-state index in [1.807, 2.05) is 18.2 Å². The van der Waals surface area contributed by atoms with Crippen LogP contribution in [0.3, 0.4) is 0 Å². The van der Waals surface area contributed by atoms with Gasteiger partial charge in [-0.25, -0.2) is 5.10 Å². The van der Waals surface area contributed by atoms with Gasteiger partial charge in [-0.3, -0.25) is 9.59 Å². The van der Waals surface area contributed by atoms with Crippen LogP contribution in [0.5, 0.6) is 11.5 Å². The van der Waals surface area contributed by atoms with Crippen molar-refractivity contribution in [2.75, 3.05) is 19.8 Å². The lowest BCUT2D eigenvalue weighted by Crippen LogP contribution is -2.27. The Balaban J connectivity index is 1.55. The Kier molecular flexibility index (Phi) is 4.04. The Labute approximate surface area is 126 Å². The number of hydrogen-bond acceptors (Lipinski definition) is 5. The van der Waals surface area contributed by atoms with Gasteiger partial charge in [0.15, 0.2) is 11.5 Å². The number of hydrogen-bond donors (Lipinski definition) is 2. The number of rotatable bonds is 4. The number of benzene rings is 1. The van der Waals surface area contributed by atoms with E-state index in [4.69, 9.17) is 9.47 Å². The molecular formula is C15H15N3O4. The summed E-state index contributed by atoms with van der Waals surface area (Å²) in [5.74, 6) is 1.16. The molecule has 2 N–H and O–H groups in total. The van der Waals surface area contributed by atoms with Gasteiger partial charge in [0, 0.05) is 12.6 Å². The molecule has 0 radical (unpaired) electrons. The number of ether oxygens (including phenoxy) is 2. The van der Waals surface area contributed by atoms with E-state index in [2.05, 4.69) is 15.5 Å². The van der Waals surface area contributed by atoms with E-state index < -0.39 is 0 Å². The summed E-state index contributed by atoms with van der Waals surface area (Å²) in [5, 5.41) is 8.65. The SMILES string of the molecule is O=C(NCCc1ccc2c(c1)OCCO2)c1ccc(=O)[nH]n1. The van der Waals surface area contributed by atoms with Crippen molar-refractivity contribution in [2.24, 2.45) is 0 Å². The quantitative estimate of drug-likeness (QED) is 0.858. The van der Waals surface area contributed by atoms with Gasteiger partial charge in [-0.05, 0) is 30.2 Å². The molecule has 7 heteroatoms. The van der Waals surface area contributed by atoms with Crippen molar-refractivity contribution >= 4 is 5.91 Å². The molecule has 1 amide bonds. The smallest absolute Gasteiger partial charge is 0.271 e. The van der Waals surface area contributed by atoms with Crippen LogP contribution in [0.25, 0.3) is 0 Å². The van der Waals surface area contributed by atoms with E-state index in [1.165, 1.54) is 12.1 Å². The summed E-state index contributed by atoms with van der Waals surface area (Å²) in [6.45, 7) is 1.57. The molecule has 0 atom stereocenters. The third-order valence-corrected chi connectivity index (χ3v) is 3.22. The van der Waals surface area contributed by atoms with Crippen LogP contribution in [-0.2, 0) is 6.42 Å². The fourth-order valence-corrected chi connectivity index (χ4v) is 2.13. The molecule has 0 saturated heterocycles. The van der Waals surface area contributed by atoms with Crippen molar-refractivity contribution in [2.45, 2.75) is 6.42 Å². The summed E-state index contributed by atoms with van der Waals surface area (Å²) >= 11 is 0. The van der Waals surface area contributed by atoms with Crippen LogP contribution in [0.1, 0.15) is 16.1 Å². The van der Waals surface area contributed by atoms with Crippen LogP contribution in [0.4, 0.5) is 0 Å². The average molecular weight is 301 g/mol. The van der Waals surface area contributed by atoms with Gasteiger partial charge < -0.3 is 14.8 Å². The summed E-state index contributed by atoms with van der Waals surface area (Å²) in [6, 6.07) is 8.38. The summed E-state index contributed by atoms with van der Waals surface area (Å²) in [7, 11) is 0. The summed E-state index contributed by atoms with van der Waals surface area (Å²) in [6.07, 6.45) is 0.658. The first kappa shape index (κ1) is 14.1. The molecule has 0 spiro atoms. The molecule has 1 aromatic carbocycles. The average Bonchev–Trinajstić information content (AvgIpc) is 2.55. The highest BCUT2D eigenvalue weighted by Gasteiger charge is 2.12. The lowest BCUT2D eigenvalue weighted by molar-refractivity contribution is 0.0948. The molecule has 2 aromatic rings. The predicted octanol–water partition coefficient (Wildman–Crippen LogP) is 0.514. The monoisotopic (exact) mass is 301 g/mol. The molecule has 1 aliphatic heterocycles. The lowest BCUT2D eigenvalue weighted by atomic mass is 10.1. The maximum atomic E-state index is 11.8. The van der Waals surface area contributed by atoms with Gasteiger partial charge in [0.05, 0.1) is 0 Å². The molecule has 0 bridgehead atoms. The number of carbonyl (C=O) groups is 1. The molecule has 0 fully saturated rings. The molecule has 22 heavy (non-hydrogen) atoms. The third-order valence-electron chi connectivity index (χ3n) is 3.22. The first-order valence-corrected chi connectivity index (χ1v) is 6.95. The number of nitrogens with one attached hydrogen (secondary N) is 2. The Bertz CT molecular complexity index is 721. The Hall–Kier alpha value is -2.83. The second-order valence-corrected chi connectivity index (χ2v) is 4.79. The van der Waals surface area contributed by atoms with Gasteiger partial charge >= 0.3 is 0 Å². The largest absolute Gasteiger partial charge is 0.486 e. The van der Waals surface area contributed by atoms with Crippen molar-refractivity contribution in [3.05, 3.63) is 51.9 Å². The van der Waals surface area contributed by atoms with E-state index in [-0.39, 0.29) is 17.2 Å². The van der Waals surface area contributed by atoms with E-state index in [0.29, 0.717) is 26.2 Å². The number of fused-ring (bicyclic) bond motifs is 1. The Morgan fingerprint density at radius 2 is 2.00 bits per heavy atom. The van der Waals surface area contributed by atoms with Crippen molar-refractivity contribution in [3.63, 3.8) is 0 Å². The van der Waals surface area contributed by atoms with Gasteiger partial charge in [-0.2, -0.15) is 5.10 Å². The molecule has 0 saturated carbocycles. The van der Waals surface area contributed by atoms with Crippen LogP contribution in [0, 0.1) is 0 Å². The maximum Gasteiger partial charge on any atom is 0.271 e. The molecule has 3 rings (SSSR count). The Morgan fingerprint density at radius 1 is 1.18 bits per heavy atom. The molecule has 7 nitrogen and oxygen atoms in total. The number of H-pyrrole nitrogens is 1. The van der Waals surface area contributed by atoms with E-state index in [0.717, 1.165) is 17.1 Å². The minimum absolute atomic E-state index is 0.182. The molecule has 114 valence electrons. The topological polar surface area (TPSA) is 93.3 Å². The van der Waals surface area contributed by atoms with Crippen LogP contribution >= 0.6 is 0 Å². The molecule has 2 heterocycles. The molecule has 0 aliphatic carbocycles. The zero-order valence-corrected chi connectivity index (χ0v) is 11.8. The van der Waals surface area contributed by atoms with Gasteiger partial charge in [-0.15, -0.1) is 0 Å². The van der Waals surface area contributed by atoms with Gasteiger partial charge in [0.1, 0.15) is 18.9 Å². The lowest BCUT2D eigenvalue weighted by Gasteiger charge is -2.18. The molecule has 1 aromatic heterocycles. The van der Waals surface area contributed by atoms with E-state index in [1.54, 1.807) is 0 Å². The number of carbonyl (C=O) groups excluding carboxylic acids is 1. The van der Waals surface area contributed by atoms with Crippen molar-refractivity contribution < 1.29 is 14.3 Å². The third kappa shape index (κ3) is 3.25. The van der Waals surface area contributed by atoms with Gasteiger partial charge in [-0.1, -0.05) is 6.07 Å². The molecular weight excluding hydrogens is 286 g/mol. The first-order valence-electron chi connectivity index (χ1n) is 6.95. The highest BCUT2D eigenvalue weighted by molar-refractivity contribution is 5.91. The van der Waals surface area contributed by atoms with Crippen LogP contribution in [-0.4, -0.2) is 35.9 Å². The van der Waals surface area contributed by atoms with Crippen LogP contribution in [0.15, 0.2) is 35.1 Å². The fourth-order valence-electron chi connectivity index (χ4n) is 2.13. The van der Waals surface area contributed by atoms with E-state index in [9.17, 15) is 9.59 Å².